The first-order valence-corrected chi connectivity index (χ1v) is 7.68. The molecule has 3 N–H and O–H groups in total. The number of carbonyl (C=O) groups is 1. The summed E-state index contributed by atoms with van der Waals surface area (Å²) in [7, 11) is 0. The molecule has 0 heterocycles. The van der Waals surface area contributed by atoms with Gasteiger partial charge in [-0.15, -0.1) is 0 Å². The van der Waals surface area contributed by atoms with Crippen molar-refractivity contribution >= 4 is 11.6 Å². The molecule has 1 aromatic carbocycles. The SMILES string of the molecule is CCCCCC(C)(C)CNC(=O)COc1ccccc1N. The van der Waals surface area contributed by atoms with Crippen molar-refractivity contribution in [2.24, 2.45) is 5.41 Å². The topological polar surface area (TPSA) is 64.3 Å². The van der Waals surface area contributed by atoms with Crippen LogP contribution in [-0.2, 0) is 4.79 Å². The standard InChI is InChI=1S/C17H28N2O2/c1-4-5-8-11-17(2,3)13-19-16(20)12-21-15-10-7-6-9-14(15)18/h6-7,9-10H,4-5,8,11-13,18H2,1-3H3,(H,19,20). The van der Waals surface area contributed by atoms with Gasteiger partial charge in [0.25, 0.3) is 5.91 Å². The van der Waals surface area contributed by atoms with E-state index in [1.165, 1.54) is 19.3 Å². The number of amides is 1. The Labute approximate surface area is 128 Å². The van der Waals surface area contributed by atoms with Crippen LogP contribution < -0.4 is 15.8 Å². The Bertz CT molecular complexity index is 444. The molecule has 21 heavy (non-hydrogen) atoms. The zero-order valence-electron chi connectivity index (χ0n) is 13.4. The van der Waals surface area contributed by atoms with Gasteiger partial charge in [-0.1, -0.05) is 52.2 Å². The number of hydrogen-bond donors (Lipinski definition) is 2. The number of hydrogen-bond acceptors (Lipinski definition) is 3. The fourth-order valence-electron chi connectivity index (χ4n) is 2.09. The highest BCUT2D eigenvalue weighted by molar-refractivity contribution is 5.77. The third kappa shape index (κ3) is 7.02. The minimum Gasteiger partial charge on any atom is -0.482 e. The van der Waals surface area contributed by atoms with Gasteiger partial charge in [0, 0.05) is 6.54 Å². The molecule has 4 nitrogen and oxygen atoms in total. The average Bonchev–Trinajstić information content (AvgIpc) is 2.44. The van der Waals surface area contributed by atoms with Crippen molar-refractivity contribution in [3.63, 3.8) is 0 Å². The highest BCUT2D eigenvalue weighted by atomic mass is 16.5. The van der Waals surface area contributed by atoms with Gasteiger partial charge in [0.05, 0.1) is 5.69 Å². The quantitative estimate of drug-likeness (QED) is 0.542. The molecule has 1 amide bonds. The van der Waals surface area contributed by atoms with Crippen molar-refractivity contribution in [2.45, 2.75) is 46.5 Å². The number of nitrogens with two attached hydrogens (primary N) is 1. The minimum atomic E-state index is -0.109. The fourth-order valence-corrected chi connectivity index (χ4v) is 2.09. The van der Waals surface area contributed by atoms with Gasteiger partial charge < -0.3 is 15.8 Å². The molecule has 0 bridgehead atoms. The smallest absolute Gasteiger partial charge is 0.257 e. The first-order valence-electron chi connectivity index (χ1n) is 7.68. The minimum absolute atomic E-state index is 0.000741. The second-order valence-corrected chi connectivity index (χ2v) is 6.22. The molecule has 1 aromatic rings. The molecular weight excluding hydrogens is 264 g/mol. The molecule has 0 radical (unpaired) electrons. The van der Waals surface area contributed by atoms with Gasteiger partial charge in [0.15, 0.2) is 6.61 Å². The lowest BCUT2D eigenvalue weighted by atomic mass is 9.87. The fraction of sp³-hybridized carbons (Fsp3) is 0.588. The lowest BCUT2D eigenvalue weighted by molar-refractivity contribution is -0.123. The van der Waals surface area contributed by atoms with Crippen molar-refractivity contribution in [2.75, 3.05) is 18.9 Å². The van der Waals surface area contributed by atoms with Crippen molar-refractivity contribution in [1.82, 2.24) is 5.32 Å². The molecular formula is C17H28N2O2. The Morgan fingerprint density at radius 3 is 2.67 bits per heavy atom. The Hall–Kier alpha value is -1.71. The van der Waals surface area contributed by atoms with E-state index in [9.17, 15) is 4.79 Å². The Kier molecular flexibility index (Phi) is 7.06. The number of rotatable bonds is 9. The van der Waals surface area contributed by atoms with E-state index in [4.69, 9.17) is 10.5 Å². The third-order valence-electron chi connectivity index (χ3n) is 3.50. The first-order chi connectivity index (χ1) is 9.94. The maximum Gasteiger partial charge on any atom is 0.257 e. The molecule has 0 aromatic heterocycles. The predicted molar refractivity (Wildman–Crippen MR) is 87.3 cm³/mol. The predicted octanol–water partition coefficient (Wildman–Crippen LogP) is 3.37. The molecule has 0 saturated heterocycles. The molecule has 0 fully saturated rings. The summed E-state index contributed by atoms with van der Waals surface area (Å²) < 4.78 is 5.43. The van der Waals surface area contributed by atoms with Crippen LogP contribution in [-0.4, -0.2) is 19.1 Å². The maximum absolute atomic E-state index is 11.8. The van der Waals surface area contributed by atoms with Gasteiger partial charge in [-0.3, -0.25) is 4.79 Å². The van der Waals surface area contributed by atoms with Crippen LogP contribution >= 0.6 is 0 Å². The molecule has 1 rings (SSSR count). The van der Waals surface area contributed by atoms with Crippen molar-refractivity contribution in [1.29, 1.82) is 0 Å². The zero-order valence-corrected chi connectivity index (χ0v) is 13.4. The summed E-state index contributed by atoms with van der Waals surface area (Å²) in [6.45, 7) is 7.22. The summed E-state index contributed by atoms with van der Waals surface area (Å²) >= 11 is 0. The van der Waals surface area contributed by atoms with E-state index < -0.39 is 0 Å². The summed E-state index contributed by atoms with van der Waals surface area (Å²) in [6.07, 6.45) is 4.78. The molecule has 0 atom stereocenters. The van der Waals surface area contributed by atoms with Crippen molar-refractivity contribution in [3.8, 4) is 5.75 Å². The zero-order chi connectivity index (χ0) is 15.7. The highest BCUT2D eigenvalue weighted by Gasteiger charge is 2.18. The summed E-state index contributed by atoms with van der Waals surface area (Å²) in [5, 5.41) is 2.93. The number of nitrogens with one attached hydrogen (secondary N) is 1. The first kappa shape index (κ1) is 17.3. The Morgan fingerprint density at radius 1 is 1.29 bits per heavy atom. The number of ether oxygens (including phenoxy) is 1. The Morgan fingerprint density at radius 2 is 2.00 bits per heavy atom. The normalized spacial score (nSPS) is 11.2. The molecule has 0 saturated carbocycles. The van der Waals surface area contributed by atoms with Gasteiger partial charge in [-0.05, 0) is 24.0 Å². The van der Waals surface area contributed by atoms with Gasteiger partial charge in [-0.25, -0.2) is 0 Å². The van der Waals surface area contributed by atoms with E-state index in [0.29, 0.717) is 18.0 Å². The van der Waals surface area contributed by atoms with Crippen LogP contribution in [0, 0.1) is 5.41 Å². The largest absolute Gasteiger partial charge is 0.482 e. The van der Waals surface area contributed by atoms with Gasteiger partial charge >= 0.3 is 0 Å². The van der Waals surface area contributed by atoms with Gasteiger partial charge in [0.2, 0.25) is 0 Å². The molecule has 0 aliphatic rings. The lowest BCUT2D eigenvalue weighted by Gasteiger charge is -2.25. The molecule has 118 valence electrons. The van der Waals surface area contributed by atoms with E-state index in [0.717, 1.165) is 6.42 Å². The van der Waals surface area contributed by atoms with Crippen LogP contribution in [0.2, 0.25) is 0 Å². The molecule has 0 aliphatic heterocycles. The maximum atomic E-state index is 11.8. The third-order valence-corrected chi connectivity index (χ3v) is 3.50. The average molecular weight is 292 g/mol. The number of benzene rings is 1. The number of nitrogen functional groups attached to an aromatic ring is 1. The number of unbranched alkanes of at least 4 members (excludes halogenated alkanes) is 2. The van der Waals surface area contributed by atoms with E-state index in [2.05, 4.69) is 26.1 Å². The second kappa shape index (κ2) is 8.55. The lowest BCUT2D eigenvalue weighted by Crippen LogP contribution is -2.36. The van der Waals surface area contributed by atoms with E-state index in [-0.39, 0.29) is 17.9 Å². The molecule has 0 aliphatic carbocycles. The van der Waals surface area contributed by atoms with Gasteiger partial charge in [-0.2, -0.15) is 0 Å². The molecule has 0 unspecified atom stereocenters. The van der Waals surface area contributed by atoms with E-state index in [1.54, 1.807) is 12.1 Å². The van der Waals surface area contributed by atoms with Crippen LogP contribution in [0.3, 0.4) is 0 Å². The van der Waals surface area contributed by atoms with E-state index in [1.807, 2.05) is 12.1 Å². The Balaban J connectivity index is 2.29. The summed E-state index contributed by atoms with van der Waals surface area (Å²) in [4.78, 5) is 11.8. The van der Waals surface area contributed by atoms with Crippen molar-refractivity contribution < 1.29 is 9.53 Å². The van der Waals surface area contributed by atoms with Crippen molar-refractivity contribution in [3.05, 3.63) is 24.3 Å². The van der Waals surface area contributed by atoms with Crippen LogP contribution in [0.1, 0.15) is 46.5 Å². The van der Waals surface area contributed by atoms with Crippen LogP contribution in [0.15, 0.2) is 24.3 Å². The number of carbonyl (C=O) groups excluding carboxylic acids is 1. The number of para-hydroxylation sites is 2. The van der Waals surface area contributed by atoms with Crippen LogP contribution in [0.4, 0.5) is 5.69 Å². The van der Waals surface area contributed by atoms with Gasteiger partial charge in [0.1, 0.15) is 5.75 Å². The molecule has 4 heteroatoms. The van der Waals surface area contributed by atoms with E-state index >= 15 is 0 Å². The number of anilines is 1. The monoisotopic (exact) mass is 292 g/mol. The highest BCUT2D eigenvalue weighted by Crippen LogP contribution is 2.23. The summed E-state index contributed by atoms with van der Waals surface area (Å²) in [6, 6.07) is 7.18. The van der Waals surface area contributed by atoms with Crippen LogP contribution in [0.5, 0.6) is 5.75 Å². The summed E-state index contributed by atoms with van der Waals surface area (Å²) in [5.41, 5.74) is 6.43. The summed E-state index contributed by atoms with van der Waals surface area (Å²) in [5.74, 6) is 0.441. The second-order valence-electron chi connectivity index (χ2n) is 6.22. The molecule has 0 spiro atoms. The van der Waals surface area contributed by atoms with Crippen LogP contribution in [0.25, 0.3) is 0 Å².